The van der Waals surface area contributed by atoms with E-state index in [0.717, 1.165) is 17.1 Å². The summed E-state index contributed by atoms with van der Waals surface area (Å²) in [6.45, 7) is 11.6. The first-order valence-corrected chi connectivity index (χ1v) is 26.7. The molecule has 0 saturated heterocycles. The molecule has 0 aromatic heterocycles. The third-order valence-electron chi connectivity index (χ3n) is 15.5. The molecule has 4 heteroatoms. The first-order valence-electron chi connectivity index (χ1n) is 25.0. The summed E-state index contributed by atoms with van der Waals surface area (Å²) in [5, 5.41) is 0. The van der Waals surface area contributed by atoms with Crippen LogP contribution in [0.15, 0.2) is 262 Å². The highest BCUT2D eigenvalue weighted by Gasteiger charge is 2.50. The number of hydrogen-bond donors (Lipinski definition) is 0. The second-order valence-electron chi connectivity index (χ2n) is 20.9. The van der Waals surface area contributed by atoms with Gasteiger partial charge in [0.25, 0.3) is 0 Å². The van der Waals surface area contributed by atoms with Gasteiger partial charge in [-0.05, 0) is 157 Å². The van der Waals surface area contributed by atoms with Crippen LogP contribution in [0.2, 0.25) is 0 Å². The van der Waals surface area contributed by atoms with Crippen molar-refractivity contribution in [1.82, 2.24) is 0 Å². The standard InChI is InChI=1S/C67H55BN2S/c1-66(2,3)48-34-36-50(37-35-48)69(49-24-12-7-13-25-49)52-39-41-61-60(45-52)68-59-32-20-21-33-63(59)71(53-26-14-8-15-27-53,54-28-16-9-17-29-54)64-43-47(46-22-10-6-11-23-46)42-62(65(64)68)70(61)51-38-40-56-55-30-18-19-31-57(55)67(4,5)58(56)44-51/h6-45H,1-5H3. The zero-order chi connectivity index (χ0) is 48.1. The number of para-hydroxylation sites is 1. The molecule has 0 radical (unpaired) electrons. The fourth-order valence-electron chi connectivity index (χ4n) is 12.1. The van der Waals surface area contributed by atoms with Gasteiger partial charge in [-0.25, -0.2) is 0 Å². The van der Waals surface area contributed by atoms with Gasteiger partial charge in [-0.15, -0.1) is 10.0 Å². The molecule has 0 atom stereocenters. The van der Waals surface area contributed by atoms with E-state index in [4.69, 9.17) is 0 Å². The lowest BCUT2D eigenvalue weighted by Gasteiger charge is -2.51. The average molecular weight is 931 g/mol. The van der Waals surface area contributed by atoms with Crippen LogP contribution in [0.25, 0.3) is 22.3 Å². The lowest BCUT2D eigenvalue weighted by Crippen LogP contribution is -2.61. The summed E-state index contributed by atoms with van der Waals surface area (Å²) in [6, 6.07) is 92.0. The number of fused-ring (bicyclic) bond motifs is 7. The molecule has 10 aromatic rings. The zero-order valence-electron chi connectivity index (χ0n) is 41.0. The van der Waals surface area contributed by atoms with Gasteiger partial charge >= 0.3 is 0 Å². The van der Waals surface area contributed by atoms with Gasteiger partial charge in [0.2, 0.25) is 6.71 Å². The Kier molecular flexibility index (Phi) is 9.99. The van der Waals surface area contributed by atoms with Gasteiger partial charge in [0, 0.05) is 54.2 Å². The molecule has 71 heavy (non-hydrogen) atoms. The van der Waals surface area contributed by atoms with Gasteiger partial charge in [-0.1, -0.05) is 186 Å². The van der Waals surface area contributed by atoms with E-state index in [1.54, 1.807) is 0 Å². The van der Waals surface area contributed by atoms with E-state index in [9.17, 15) is 0 Å². The van der Waals surface area contributed by atoms with E-state index in [0.29, 0.717) is 0 Å². The van der Waals surface area contributed by atoms with Crippen molar-refractivity contribution in [2.75, 3.05) is 9.80 Å². The summed E-state index contributed by atoms with van der Waals surface area (Å²) in [5.41, 5.74) is 20.0. The van der Waals surface area contributed by atoms with E-state index < -0.39 is 10.0 Å². The molecule has 0 fully saturated rings. The van der Waals surface area contributed by atoms with Gasteiger partial charge in [0.15, 0.2) is 0 Å². The van der Waals surface area contributed by atoms with Crippen molar-refractivity contribution in [3.05, 3.63) is 259 Å². The molecule has 0 bridgehead atoms. The molecular formula is C67H55BN2S. The Morgan fingerprint density at radius 2 is 1.01 bits per heavy atom. The molecule has 3 aliphatic rings. The first-order chi connectivity index (χ1) is 34.6. The molecular weight excluding hydrogens is 876 g/mol. The molecule has 10 aromatic carbocycles. The molecule has 2 nitrogen and oxygen atoms in total. The number of anilines is 6. The lowest BCUT2D eigenvalue weighted by molar-refractivity contribution is 0.590. The minimum absolute atomic E-state index is 0.0392. The summed E-state index contributed by atoms with van der Waals surface area (Å²) < 4.78 is 0. The van der Waals surface area contributed by atoms with Crippen molar-refractivity contribution in [2.45, 2.75) is 65.0 Å². The summed E-state index contributed by atoms with van der Waals surface area (Å²) in [6.07, 6.45) is 0. The maximum atomic E-state index is 2.62. The van der Waals surface area contributed by atoms with E-state index in [-0.39, 0.29) is 17.5 Å². The molecule has 0 unspecified atom stereocenters. The van der Waals surface area contributed by atoms with Gasteiger partial charge < -0.3 is 9.80 Å². The van der Waals surface area contributed by atoms with Crippen molar-refractivity contribution in [3.63, 3.8) is 0 Å². The minimum Gasteiger partial charge on any atom is -0.311 e. The predicted molar refractivity (Wildman–Crippen MR) is 302 cm³/mol. The van der Waals surface area contributed by atoms with Crippen molar-refractivity contribution in [2.24, 2.45) is 0 Å². The van der Waals surface area contributed by atoms with Gasteiger partial charge in [0.1, 0.15) is 0 Å². The van der Waals surface area contributed by atoms with Crippen LogP contribution in [0.5, 0.6) is 0 Å². The van der Waals surface area contributed by atoms with Gasteiger partial charge in [0.05, 0.1) is 0 Å². The number of rotatable bonds is 7. The highest BCUT2D eigenvalue weighted by Crippen LogP contribution is 2.74. The van der Waals surface area contributed by atoms with Crippen molar-refractivity contribution in [3.8, 4) is 22.3 Å². The van der Waals surface area contributed by atoms with Crippen LogP contribution in [0.3, 0.4) is 0 Å². The van der Waals surface area contributed by atoms with Crippen LogP contribution in [-0.2, 0) is 10.8 Å². The quantitative estimate of drug-likeness (QED) is 0.147. The normalized spacial score (nSPS) is 14.9. The molecule has 13 rings (SSSR count). The van der Waals surface area contributed by atoms with Crippen LogP contribution in [0, 0.1) is 0 Å². The summed E-state index contributed by atoms with van der Waals surface area (Å²) in [7, 11) is -2.07. The number of benzene rings is 10. The topological polar surface area (TPSA) is 6.48 Å². The average Bonchev–Trinajstić information content (AvgIpc) is 3.64. The minimum atomic E-state index is -2.07. The van der Waals surface area contributed by atoms with E-state index in [1.807, 2.05) is 0 Å². The zero-order valence-corrected chi connectivity index (χ0v) is 41.8. The Morgan fingerprint density at radius 3 is 1.70 bits per heavy atom. The fourth-order valence-corrected chi connectivity index (χ4v) is 16.4. The molecule has 0 N–H and O–H groups in total. The lowest BCUT2D eigenvalue weighted by atomic mass is 9.34. The van der Waals surface area contributed by atoms with Crippen molar-refractivity contribution >= 4 is 67.3 Å². The SMILES string of the molecule is CC(C)(C)c1ccc(N(c2ccccc2)c2ccc3c(c2)B2c4ccccc4S(c4ccccc4)(c4ccccc4)c4cc(-c5ccccc5)cc(c42)N3c2ccc3c(c2)C(C)(C)c2ccccc2-3)cc1. The molecule has 0 amide bonds. The third-order valence-corrected chi connectivity index (χ3v) is 19.5. The largest absolute Gasteiger partial charge is 0.311 e. The Morgan fingerprint density at radius 1 is 0.437 bits per heavy atom. The molecule has 342 valence electrons. The Labute approximate surface area is 421 Å². The molecule has 0 spiro atoms. The molecule has 2 heterocycles. The van der Waals surface area contributed by atoms with E-state index in [1.165, 1.54) is 92.0 Å². The van der Waals surface area contributed by atoms with Crippen LogP contribution in [0.1, 0.15) is 51.3 Å². The van der Waals surface area contributed by atoms with Crippen LogP contribution >= 0.6 is 10.0 Å². The second-order valence-corrected chi connectivity index (χ2v) is 24.0. The monoisotopic (exact) mass is 930 g/mol. The summed E-state index contributed by atoms with van der Waals surface area (Å²) in [5.74, 6) is 0. The van der Waals surface area contributed by atoms with Crippen LogP contribution in [0.4, 0.5) is 34.1 Å². The van der Waals surface area contributed by atoms with Crippen LogP contribution in [-0.4, -0.2) is 6.71 Å². The Hall–Kier alpha value is -7.79. The maximum Gasteiger partial charge on any atom is 0.249 e. The second kappa shape index (κ2) is 16.4. The molecule has 2 aliphatic heterocycles. The fraction of sp³-hybridized carbons (Fsp3) is 0.104. The number of hydrogen-bond acceptors (Lipinski definition) is 2. The summed E-state index contributed by atoms with van der Waals surface area (Å²) >= 11 is 0. The third kappa shape index (κ3) is 6.65. The smallest absolute Gasteiger partial charge is 0.249 e. The highest BCUT2D eigenvalue weighted by atomic mass is 32.3. The Bertz CT molecular complexity index is 3620. The molecule has 0 saturated carbocycles. The van der Waals surface area contributed by atoms with Gasteiger partial charge in [-0.2, -0.15) is 0 Å². The van der Waals surface area contributed by atoms with Gasteiger partial charge in [-0.3, -0.25) is 0 Å². The van der Waals surface area contributed by atoms with E-state index >= 15 is 0 Å². The highest BCUT2D eigenvalue weighted by molar-refractivity contribution is 8.34. The first kappa shape index (κ1) is 43.3. The van der Waals surface area contributed by atoms with Crippen molar-refractivity contribution in [1.29, 1.82) is 0 Å². The van der Waals surface area contributed by atoms with Crippen LogP contribution < -0.4 is 26.2 Å². The Balaban J connectivity index is 1.15. The van der Waals surface area contributed by atoms with Crippen molar-refractivity contribution < 1.29 is 0 Å². The number of nitrogens with zero attached hydrogens (tertiary/aromatic N) is 2. The summed E-state index contributed by atoms with van der Waals surface area (Å²) in [4.78, 5) is 10.5. The van der Waals surface area contributed by atoms with E-state index in [2.05, 4.69) is 287 Å². The molecule has 1 aliphatic carbocycles. The maximum absolute atomic E-state index is 2.62. The predicted octanol–water partition coefficient (Wildman–Crippen LogP) is 16.4.